The summed E-state index contributed by atoms with van der Waals surface area (Å²) in [5, 5.41) is 4.12. The first kappa shape index (κ1) is 20.0. The first-order valence-electron chi connectivity index (χ1n) is 10.9. The third-order valence-corrected chi connectivity index (χ3v) is 6.13. The summed E-state index contributed by atoms with van der Waals surface area (Å²) in [5.41, 5.74) is 2.71. The third kappa shape index (κ3) is 4.40. The topological polar surface area (TPSA) is 75.5 Å². The minimum atomic E-state index is -0.0656. The van der Waals surface area contributed by atoms with E-state index in [0.717, 1.165) is 56.7 Å². The molecule has 0 aliphatic carbocycles. The average Bonchev–Trinajstić information content (AvgIpc) is 3.30. The average molecular weight is 421 g/mol. The first-order chi connectivity index (χ1) is 15.2. The maximum atomic E-state index is 12.5. The molecule has 8 nitrogen and oxygen atoms in total. The van der Waals surface area contributed by atoms with Gasteiger partial charge < -0.3 is 19.9 Å². The Bertz CT molecular complexity index is 1100. The minimum Gasteiger partial charge on any atom is -0.376 e. The van der Waals surface area contributed by atoms with E-state index in [1.807, 2.05) is 12.1 Å². The SMILES string of the molecule is CN1CCN(c2ccc(Nc3ncc4ccc(=O)n(CC5CCCO5)c4n3)cc2)CC1. The summed E-state index contributed by atoms with van der Waals surface area (Å²) in [6.45, 7) is 5.53. The number of rotatable bonds is 5. The zero-order valence-corrected chi connectivity index (χ0v) is 17.8. The fourth-order valence-corrected chi connectivity index (χ4v) is 4.25. The molecule has 2 aromatic heterocycles. The molecule has 1 aromatic carbocycles. The second-order valence-corrected chi connectivity index (χ2v) is 8.35. The van der Waals surface area contributed by atoms with Crippen molar-refractivity contribution in [2.24, 2.45) is 0 Å². The summed E-state index contributed by atoms with van der Waals surface area (Å²) in [5.74, 6) is 0.478. The summed E-state index contributed by atoms with van der Waals surface area (Å²) in [6.07, 6.45) is 3.83. The van der Waals surface area contributed by atoms with Gasteiger partial charge in [0.05, 0.1) is 12.6 Å². The van der Waals surface area contributed by atoms with E-state index in [4.69, 9.17) is 4.74 Å². The van der Waals surface area contributed by atoms with Crippen LogP contribution < -0.4 is 15.8 Å². The van der Waals surface area contributed by atoms with E-state index in [9.17, 15) is 4.79 Å². The number of nitrogens with one attached hydrogen (secondary N) is 1. The molecular formula is C23H28N6O2. The molecule has 2 fully saturated rings. The molecule has 31 heavy (non-hydrogen) atoms. The van der Waals surface area contributed by atoms with Crippen LogP contribution in [0.3, 0.4) is 0 Å². The number of likely N-dealkylation sites (N-methyl/N-ethyl adjacent to an activating group) is 1. The molecule has 0 saturated carbocycles. The summed E-state index contributed by atoms with van der Waals surface area (Å²) in [6, 6.07) is 11.7. The molecule has 2 aliphatic rings. The molecule has 4 heterocycles. The summed E-state index contributed by atoms with van der Waals surface area (Å²) >= 11 is 0. The van der Waals surface area contributed by atoms with Crippen LogP contribution >= 0.6 is 0 Å². The molecule has 0 amide bonds. The Morgan fingerprint density at radius 2 is 1.90 bits per heavy atom. The number of nitrogens with zero attached hydrogens (tertiary/aromatic N) is 5. The maximum Gasteiger partial charge on any atom is 0.252 e. The van der Waals surface area contributed by atoms with Crippen molar-refractivity contribution < 1.29 is 4.74 Å². The van der Waals surface area contributed by atoms with Gasteiger partial charge in [0, 0.05) is 61.8 Å². The molecule has 0 bridgehead atoms. The first-order valence-corrected chi connectivity index (χ1v) is 10.9. The van der Waals surface area contributed by atoms with E-state index in [1.165, 1.54) is 5.69 Å². The number of ether oxygens (including phenoxy) is 1. The van der Waals surface area contributed by atoms with Crippen molar-refractivity contribution in [1.29, 1.82) is 0 Å². The highest BCUT2D eigenvalue weighted by Crippen LogP contribution is 2.22. The Hall–Kier alpha value is -2.97. The van der Waals surface area contributed by atoms with Crippen molar-refractivity contribution in [2.75, 3.05) is 50.1 Å². The lowest BCUT2D eigenvalue weighted by atomic mass is 10.2. The van der Waals surface area contributed by atoms with Gasteiger partial charge in [-0.05, 0) is 50.2 Å². The minimum absolute atomic E-state index is 0.0656. The van der Waals surface area contributed by atoms with Crippen LogP contribution in [0.5, 0.6) is 0 Å². The van der Waals surface area contributed by atoms with Gasteiger partial charge in [0.2, 0.25) is 5.95 Å². The standard InChI is InChI=1S/C23H28N6O2/c1-27-10-12-28(13-11-27)19-7-5-18(6-8-19)25-23-24-15-17-4-9-21(30)29(22(17)26-23)16-20-3-2-14-31-20/h4-9,15,20H,2-3,10-14,16H2,1H3,(H,24,25,26). The molecule has 2 aliphatic heterocycles. The number of hydrogen-bond donors (Lipinski definition) is 1. The van der Waals surface area contributed by atoms with Crippen LogP contribution in [0.2, 0.25) is 0 Å². The molecule has 5 rings (SSSR count). The van der Waals surface area contributed by atoms with Gasteiger partial charge in [-0.3, -0.25) is 9.36 Å². The monoisotopic (exact) mass is 420 g/mol. The molecule has 1 atom stereocenters. The van der Waals surface area contributed by atoms with E-state index in [-0.39, 0.29) is 11.7 Å². The number of aromatic nitrogens is 3. The smallest absolute Gasteiger partial charge is 0.252 e. The van der Waals surface area contributed by atoms with Crippen molar-refractivity contribution in [3.63, 3.8) is 0 Å². The Morgan fingerprint density at radius 1 is 1.10 bits per heavy atom. The van der Waals surface area contributed by atoms with Crippen LogP contribution in [-0.2, 0) is 11.3 Å². The second kappa shape index (κ2) is 8.64. The number of fused-ring (bicyclic) bond motifs is 1. The Morgan fingerprint density at radius 3 is 2.65 bits per heavy atom. The van der Waals surface area contributed by atoms with Crippen LogP contribution in [-0.4, -0.2) is 65.4 Å². The highest BCUT2D eigenvalue weighted by Gasteiger charge is 2.18. The lowest BCUT2D eigenvalue weighted by Gasteiger charge is -2.34. The Kier molecular flexibility index (Phi) is 5.57. The molecule has 0 radical (unpaired) electrons. The number of pyridine rings is 1. The van der Waals surface area contributed by atoms with Crippen LogP contribution in [0, 0.1) is 0 Å². The van der Waals surface area contributed by atoms with Crippen LogP contribution in [0.4, 0.5) is 17.3 Å². The molecule has 3 aromatic rings. The van der Waals surface area contributed by atoms with Gasteiger partial charge in [0.25, 0.3) is 5.56 Å². The highest BCUT2D eigenvalue weighted by molar-refractivity contribution is 5.75. The van der Waals surface area contributed by atoms with E-state index in [1.54, 1.807) is 22.9 Å². The number of hydrogen-bond acceptors (Lipinski definition) is 7. The zero-order chi connectivity index (χ0) is 21.2. The van der Waals surface area contributed by atoms with E-state index < -0.39 is 0 Å². The lowest BCUT2D eigenvalue weighted by molar-refractivity contribution is 0.0971. The predicted molar refractivity (Wildman–Crippen MR) is 122 cm³/mol. The highest BCUT2D eigenvalue weighted by atomic mass is 16.5. The summed E-state index contributed by atoms with van der Waals surface area (Å²) < 4.78 is 7.43. The Balaban J connectivity index is 1.36. The maximum absolute atomic E-state index is 12.5. The normalized spacial score (nSPS) is 19.8. The molecule has 2 saturated heterocycles. The van der Waals surface area contributed by atoms with Crippen molar-refractivity contribution in [2.45, 2.75) is 25.5 Å². The largest absolute Gasteiger partial charge is 0.376 e. The number of anilines is 3. The quantitative estimate of drug-likeness (QED) is 0.680. The van der Waals surface area contributed by atoms with Crippen LogP contribution in [0.1, 0.15) is 12.8 Å². The van der Waals surface area contributed by atoms with Gasteiger partial charge in [0.15, 0.2) is 0 Å². The van der Waals surface area contributed by atoms with E-state index >= 15 is 0 Å². The summed E-state index contributed by atoms with van der Waals surface area (Å²) in [4.78, 5) is 26.4. The fraction of sp³-hybridized carbons (Fsp3) is 0.435. The van der Waals surface area contributed by atoms with E-state index in [2.05, 4.69) is 44.3 Å². The number of benzene rings is 1. The molecule has 162 valence electrons. The molecule has 8 heteroatoms. The third-order valence-electron chi connectivity index (χ3n) is 6.13. The van der Waals surface area contributed by atoms with Gasteiger partial charge in [-0.2, -0.15) is 4.98 Å². The predicted octanol–water partition coefficient (Wildman–Crippen LogP) is 2.47. The van der Waals surface area contributed by atoms with Gasteiger partial charge in [0.1, 0.15) is 5.65 Å². The fourth-order valence-electron chi connectivity index (χ4n) is 4.25. The molecular weight excluding hydrogens is 392 g/mol. The van der Waals surface area contributed by atoms with Gasteiger partial charge in [-0.1, -0.05) is 0 Å². The molecule has 1 unspecified atom stereocenters. The van der Waals surface area contributed by atoms with Crippen molar-refractivity contribution in [1.82, 2.24) is 19.4 Å². The molecule has 1 N–H and O–H groups in total. The van der Waals surface area contributed by atoms with Crippen LogP contribution in [0.15, 0.2) is 47.4 Å². The molecule has 0 spiro atoms. The van der Waals surface area contributed by atoms with Crippen molar-refractivity contribution in [3.8, 4) is 0 Å². The van der Waals surface area contributed by atoms with Gasteiger partial charge >= 0.3 is 0 Å². The number of piperazine rings is 1. The summed E-state index contributed by atoms with van der Waals surface area (Å²) in [7, 11) is 2.16. The lowest BCUT2D eigenvalue weighted by Crippen LogP contribution is -2.44. The second-order valence-electron chi connectivity index (χ2n) is 8.35. The van der Waals surface area contributed by atoms with Gasteiger partial charge in [-0.15, -0.1) is 0 Å². The van der Waals surface area contributed by atoms with Crippen molar-refractivity contribution >= 4 is 28.4 Å². The van der Waals surface area contributed by atoms with E-state index in [0.29, 0.717) is 18.1 Å². The van der Waals surface area contributed by atoms with Crippen LogP contribution in [0.25, 0.3) is 11.0 Å². The van der Waals surface area contributed by atoms with Crippen molar-refractivity contribution in [3.05, 3.63) is 52.9 Å². The van der Waals surface area contributed by atoms with Gasteiger partial charge in [-0.25, -0.2) is 4.98 Å². The Labute approximate surface area is 181 Å². The zero-order valence-electron chi connectivity index (χ0n) is 17.8.